The Hall–Kier alpha value is -2.51. The van der Waals surface area contributed by atoms with E-state index in [4.69, 9.17) is 9.52 Å². The number of piperidine rings is 1. The van der Waals surface area contributed by atoms with Crippen molar-refractivity contribution in [2.75, 3.05) is 13.1 Å². The first-order chi connectivity index (χ1) is 13.2. The molecular formula is C20H21F2N3O2. The minimum atomic E-state index is -0.586. The summed E-state index contributed by atoms with van der Waals surface area (Å²) < 4.78 is 34.0. The number of nitrogens with zero attached hydrogens (tertiary/aromatic N) is 2. The third-order valence-electron chi connectivity index (χ3n) is 5.07. The lowest BCUT2D eigenvalue weighted by atomic mass is 9.90. The van der Waals surface area contributed by atoms with E-state index in [1.807, 2.05) is 6.07 Å². The highest BCUT2D eigenvalue weighted by Gasteiger charge is 2.27. The molecule has 0 aliphatic carbocycles. The summed E-state index contributed by atoms with van der Waals surface area (Å²) >= 11 is 0. The van der Waals surface area contributed by atoms with E-state index in [2.05, 4.69) is 15.1 Å². The molecule has 1 aliphatic rings. The molecule has 0 amide bonds. The topological polar surface area (TPSA) is 65.3 Å². The number of nitrogens with one attached hydrogen (secondary N) is 1. The Bertz CT molecular complexity index is 901. The van der Waals surface area contributed by atoms with Crippen LogP contribution in [0.3, 0.4) is 0 Å². The first-order valence-corrected chi connectivity index (χ1v) is 9.04. The molecule has 3 heterocycles. The largest absolute Gasteiger partial charge is 0.462 e. The maximum absolute atomic E-state index is 14.2. The van der Waals surface area contributed by atoms with Gasteiger partial charge in [-0.2, -0.15) is 5.10 Å². The van der Waals surface area contributed by atoms with E-state index in [0.29, 0.717) is 17.9 Å². The third kappa shape index (κ3) is 3.65. The number of hydrogen-bond acceptors (Lipinski definition) is 4. The van der Waals surface area contributed by atoms with Gasteiger partial charge in [0.1, 0.15) is 29.8 Å². The molecule has 2 aromatic heterocycles. The van der Waals surface area contributed by atoms with Crippen molar-refractivity contribution in [3.05, 3.63) is 65.4 Å². The van der Waals surface area contributed by atoms with Crippen LogP contribution in [0.15, 0.2) is 40.9 Å². The zero-order valence-corrected chi connectivity index (χ0v) is 14.8. The van der Waals surface area contributed by atoms with Gasteiger partial charge in [-0.15, -0.1) is 0 Å². The predicted octanol–water partition coefficient (Wildman–Crippen LogP) is 3.82. The fraction of sp³-hybridized carbons (Fsp3) is 0.350. The lowest BCUT2D eigenvalue weighted by Crippen LogP contribution is -2.34. The number of H-pyrrole nitrogens is 1. The maximum Gasteiger partial charge on any atom is 0.134 e. The molecule has 1 unspecified atom stereocenters. The van der Waals surface area contributed by atoms with Crippen LogP contribution in [0.5, 0.6) is 0 Å². The van der Waals surface area contributed by atoms with Crippen LogP contribution in [0, 0.1) is 11.6 Å². The molecule has 1 aliphatic heterocycles. The minimum absolute atomic E-state index is 0.0306. The summed E-state index contributed by atoms with van der Waals surface area (Å²) in [5.41, 5.74) is 1.22. The van der Waals surface area contributed by atoms with E-state index < -0.39 is 11.6 Å². The Balaban J connectivity index is 1.55. The van der Waals surface area contributed by atoms with Crippen LogP contribution in [0.4, 0.5) is 8.78 Å². The molecule has 5 nitrogen and oxygen atoms in total. The molecule has 142 valence electrons. The molecule has 7 heteroatoms. The highest BCUT2D eigenvalue weighted by molar-refractivity contribution is 5.67. The van der Waals surface area contributed by atoms with Gasteiger partial charge in [0.2, 0.25) is 0 Å². The Morgan fingerprint density at radius 2 is 1.96 bits per heavy atom. The lowest BCUT2D eigenvalue weighted by molar-refractivity contribution is 0.179. The second kappa shape index (κ2) is 7.62. The number of aromatic amines is 1. The summed E-state index contributed by atoms with van der Waals surface area (Å²) in [6.45, 7) is 2.17. The minimum Gasteiger partial charge on any atom is -0.462 e. The molecule has 1 atom stereocenters. The van der Waals surface area contributed by atoms with Gasteiger partial charge in [0.25, 0.3) is 0 Å². The number of aliphatic hydroxyl groups excluding tert-OH is 1. The molecule has 0 saturated carbocycles. The molecule has 4 rings (SSSR count). The average molecular weight is 373 g/mol. The number of benzene rings is 1. The second-order valence-corrected chi connectivity index (χ2v) is 6.89. The van der Waals surface area contributed by atoms with Gasteiger partial charge in [-0.25, -0.2) is 8.78 Å². The molecule has 2 N–H and O–H groups in total. The van der Waals surface area contributed by atoms with Crippen LogP contribution in [-0.2, 0) is 13.2 Å². The van der Waals surface area contributed by atoms with Crippen molar-refractivity contribution in [2.45, 2.75) is 31.9 Å². The lowest BCUT2D eigenvalue weighted by Gasteiger charge is -2.32. The van der Waals surface area contributed by atoms with Crippen molar-refractivity contribution in [2.24, 2.45) is 0 Å². The predicted molar refractivity (Wildman–Crippen MR) is 95.8 cm³/mol. The monoisotopic (exact) mass is 373 g/mol. The quantitative estimate of drug-likeness (QED) is 0.714. The highest BCUT2D eigenvalue weighted by atomic mass is 19.1. The molecule has 1 fully saturated rings. The number of aromatic nitrogens is 2. The molecule has 0 spiro atoms. The van der Waals surface area contributed by atoms with Gasteiger partial charge in [-0.1, -0.05) is 6.07 Å². The van der Waals surface area contributed by atoms with Crippen molar-refractivity contribution >= 4 is 0 Å². The summed E-state index contributed by atoms with van der Waals surface area (Å²) in [6, 6.07) is 7.52. The van der Waals surface area contributed by atoms with Gasteiger partial charge in [-0.3, -0.25) is 10.00 Å². The van der Waals surface area contributed by atoms with E-state index >= 15 is 0 Å². The molecule has 0 bridgehead atoms. The van der Waals surface area contributed by atoms with Crippen molar-refractivity contribution < 1.29 is 18.3 Å². The highest BCUT2D eigenvalue weighted by Crippen LogP contribution is 2.35. The Kier molecular flexibility index (Phi) is 5.05. The van der Waals surface area contributed by atoms with Crippen LogP contribution < -0.4 is 0 Å². The molecule has 27 heavy (non-hydrogen) atoms. The first-order valence-electron chi connectivity index (χ1n) is 9.04. The summed E-state index contributed by atoms with van der Waals surface area (Å²) in [6.07, 6.45) is 3.38. The summed E-state index contributed by atoms with van der Waals surface area (Å²) in [4.78, 5) is 2.25. The van der Waals surface area contributed by atoms with Gasteiger partial charge in [0, 0.05) is 23.7 Å². The molecule has 1 aromatic carbocycles. The Labute approximate surface area is 155 Å². The Morgan fingerprint density at radius 1 is 1.19 bits per heavy atom. The van der Waals surface area contributed by atoms with Crippen molar-refractivity contribution in [3.63, 3.8) is 0 Å². The normalized spacial score (nSPS) is 18.1. The zero-order chi connectivity index (χ0) is 18.8. The standard InChI is InChI=1S/C20H21F2N3O2/c21-17-4-1-5-18(22)19(17)16-9-23-24-20(16)13-3-2-8-25(10-13)11-14-6-7-15(12-26)27-14/h1,4-7,9,13,26H,2-3,8,10-12H2,(H,23,24). The number of aliphatic hydroxyl groups is 1. The van der Waals surface area contributed by atoms with Crippen molar-refractivity contribution in [1.29, 1.82) is 0 Å². The summed E-state index contributed by atoms with van der Waals surface area (Å²) in [5, 5.41) is 16.1. The van der Waals surface area contributed by atoms with Crippen LogP contribution in [0.25, 0.3) is 11.1 Å². The van der Waals surface area contributed by atoms with E-state index in [1.54, 1.807) is 6.07 Å². The SMILES string of the molecule is OCc1ccc(CN2CCCC(c3[nH]ncc3-c3c(F)cccc3F)C2)o1. The second-order valence-electron chi connectivity index (χ2n) is 6.89. The average Bonchev–Trinajstić information content (AvgIpc) is 3.31. The maximum atomic E-state index is 14.2. The van der Waals surface area contributed by atoms with E-state index in [1.165, 1.54) is 24.4 Å². The van der Waals surface area contributed by atoms with E-state index in [9.17, 15) is 8.78 Å². The van der Waals surface area contributed by atoms with Crippen LogP contribution in [-0.4, -0.2) is 33.3 Å². The Morgan fingerprint density at radius 3 is 2.70 bits per heavy atom. The summed E-state index contributed by atoms with van der Waals surface area (Å²) in [5.74, 6) is 0.270. The third-order valence-corrected chi connectivity index (χ3v) is 5.07. The smallest absolute Gasteiger partial charge is 0.134 e. The van der Waals surface area contributed by atoms with E-state index in [-0.39, 0.29) is 18.1 Å². The number of rotatable bonds is 5. The molecule has 0 radical (unpaired) electrons. The summed E-state index contributed by atoms with van der Waals surface area (Å²) in [7, 11) is 0. The molecular weight excluding hydrogens is 352 g/mol. The fourth-order valence-corrected chi connectivity index (χ4v) is 3.81. The van der Waals surface area contributed by atoms with Crippen LogP contribution in [0.2, 0.25) is 0 Å². The molecule has 3 aromatic rings. The van der Waals surface area contributed by atoms with Gasteiger partial charge < -0.3 is 9.52 Å². The van der Waals surface area contributed by atoms with Crippen molar-refractivity contribution in [1.82, 2.24) is 15.1 Å². The van der Waals surface area contributed by atoms with Crippen LogP contribution in [0.1, 0.15) is 36.0 Å². The fourth-order valence-electron chi connectivity index (χ4n) is 3.81. The number of hydrogen-bond donors (Lipinski definition) is 2. The van der Waals surface area contributed by atoms with Gasteiger partial charge >= 0.3 is 0 Å². The van der Waals surface area contributed by atoms with Gasteiger partial charge in [-0.05, 0) is 43.7 Å². The molecule has 1 saturated heterocycles. The first kappa shape index (κ1) is 17.9. The zero-order valence-electron chi connectivity index (χ0n) is 14.8. The van der Waals surface area contributed by atoms with E-state index in [0.717, 1.165) is 37.4 Å². The van der Waals surface area contributed by atoms with Gasteiger partial charge in [0.15, 0.2) is 0 Å². The van der Waals surface area contributed by atoms with Crippen molar-refractivity contribution in [3.8, 4) is 11.1 Å². The number of halogens is 2. The number of furan rings is 1. The van der Waals surface area contributed by atoms with Gasteiger partial charge in [0.05, 0.1) is 18.3 Å². The van der Waals surface area contributed by atoms with Crippen LogP contribution >= 0.6 is 0 Å². The number of likely N-dealkylation sites (tertiary alicyclic amines) is 1.